The standard InChI is InChI=1S/C23H25N3OS/c24-23-26-21-13-12-18(15-25-22(21)28-23)10-4-8-17-9-5-11-20(14-17)27-16-19-6-2-1-3-7-19/h1-9,11,14,18,25H,10,12-13,15-16H2,(H2,24,26). The van der Waals surface area contributed by atoms with Crippen LogP contribution in [0, 0.1) is 5.92 Å². The molecule has 5 heteroatoms. The Hall–Kier alpha value is -2.79. The van der Waals surface area contributed by atoms with E-state index in [0.717, 1.165) is 42.3 Å². The first-order valence-corrected chi connectivity index (χ1v) is 10.5. The fourth-order valence-electron chi connectivity index (χ4n) is 3.40. The molecule has 0 amide bonds. The molecule has 1 atom stereocenters. The van der Waals surface area contributed by atoms with Gasteiger partial charge < -0.3 is 15.8 Å². The van der Waals surface area contributed by atoms with Gasteiger partial charge in [-0.25, -0.2) is 4.98 Å². The van der Waals surface area contributed by atoms with Crippen LogP contribution in [0.3, 0.4) is 0 Å². The average molecular weight is 392 g/mol. The molecule has 2 aromatic carbocycles. The molecule has 2 heterocycles. The fourth-order valence-corrected chi connectivity index (χ4v) is 4.19. The van der Waals surface area contributed by atoms with Crippen LogP contribution >= 0.6 is 11.3 Å². The summed E-state index contributed by atoms with van der Waals surface area (Å²) in [6, 6.07) is 18.5. The van der Waals surface area contributed by atoms with E-state index in [1.807, 2.05) is 30.3 Å². The van der Waals surface area contributed by atoms with Crippen molar-refractivity contribution >= 4 is 27.5 Å². The van der Waals surface area contributed by atoms with Crippen molar-refractivity contribution in [3.8, 4) is 5.75 Å². The molecule has 144 valence electrons. The van der Waals surface area contributed by atoms with E-state index in [9.17, 15) is 0 Å². The van der Waals surface area contributed by atoms with Crippen molar-refractivity contribution in [1.82, 2.24) is 4.98 Å². The number of thiazole rings is 1. The van der Waals surface area contributed by atoms with Crippen LogP contribution in [0.4, 0.5) is 10.1 Å². The summed E-state index contributed by atoms with van der Waals surface area (Å²) in [5, 5.41) is 5.31. The number of ether oxygens (including phenoxy) is 1. The number of nitrogen functional groups attached to an aromatic ring is 1. The van der Waals surface area contributed by atoms with E-state index in [0.29, 0.717) is 17.7 Å². The molecule has 3 N–H and O–H groups in total. The van der Waals surface area contributed by atoms with Gasteiger partial charge in [0.05, 0.1) is 5.69 Å². The SMILES string of the molecule is Nc1nc2c(s1)NCC(CC=Cc1cccc(OCc3ccccc3)c1)CC2. The lowest BCUT2D eigenvalue weighted by Crippen LogP contribution is -2.11. The number of benzene rings is 2. The first-order chi connectivity index (χ1) is 13.8. The minimum atomic E-state index is 0.588. The minimum Gasteiger partial charge on any atom is -0.489 e. The molecule has 0 saturated carbocycles. The lowest BCUT2D eigenvalue weighted by Gasteiger charge is -2.11. The number of nitrogens with one attached hydrogen (secondary N) is 1. The van der Waals surface area contributed by atoms with Crippen LogP contribution in [-0.4, -0.2) is 11.5 Å². The molecular formula is C23H25N3OS. The highest BCUT2D eigenvalue weighted by Crippen LogP contribution is 2.31. The number of hydrogen-bond donors (Lipinski definition) is 2. The van der Waals surface area contributed by atoms with Gasteiger partial charge in [-0.2, -0.15) is 0 Å². The highest BCUT2D eigenvalue weighted by atomic mass is 32.1. The second-order valence-corrected chi connectivity index (χ2v) is 8.13. The molecule has 0 saturated heterocycles. The third-order valence-corrected chi connectivity index (χ3v) is 5.83. The minimum absolute atomic E-state index is 0.588. The van der Waals surface area contributed by atoms with Crippen molar-refractivity contribution in [3.63, 3.8) is 0 Å². The lowest BCUT2D eigenvalue weighted by atomic mass is 9.99. The zero-order valence-corrected chi connectivity index (χ0v) is 16.6. The Morgan fingerprint density at radius 3 is 2.96 bits per heavy atom. The van der Waals surface area contributed by atoms with Gasteiger partial charge in [0, 0.05) is 6.54 Å². The van der Waals surface area contributed by atoms with Gasteiger partial charge in [-0.3, -0.25) is 0 Å². The van der Waals surface area contributed by atoms with Crippen LogP contribution in [0.2, 0.25) is 0 Å². The summed E-state index contributed by atoms with van der Waals surface area (Å²) in [5.41, 5.74) is 9.27. The van der Waals surface area contributed by atoms with Crippen molar-refractivity contribution in [2.45, 2.75) is 25.9 Å². The van der Waals surface area contributed by atoms with Crippen LogP contribution in [0.25, 0.3) is 6.08 Å². The molecule has 1 unspecified atom stereocenters. The van der Waals surface area contributed by atoms with E-state index in [1.165, 1.54) is 11.1 Å². The maximum absolute atomic E-state index is 5.92. The number of rotatable bonds is 6. The topological polar surface area (TPSA) is 60.2 Å². The largest absolute Gasteiger partial charge is 0.489 e. The maximum Gasteiger partial charge on any atom is 0.182 e. The Bertz CT molecular complexity index is 911. The number of nitrogens with zero attached hydrogens (tertiary/aromatic N) is 1. The normalized spacial score (nSPS) is 16.4. The Kier molecular flexibility index (Phi) is 5.92. The number of aromatic nitrogens is 1. The predicted molar refractivity (Wildman–Crippen MR) is 118 cm³/mol. The second kappa shape index (κ2) is 8.93. The first-order valence-electron chi connectivity index (χ1n) is 9.68. The zero-order valence-electron chi connectivity index (χ0n) is 15.8. The summed E-state index contributed by atoms with van der Waals surface area (Å²) < 4.78 is 5.92. The van der Waals surface area contributed by atoms with Gasteiger partial charge in [0.25, 0.3) is 0 Å². The second-order valence-electron chi connectivity index (χ2n) is 7.10. The predicted octanol–water partition coefficient (Wildman–Crippen LogP) is 5.38. The van der Waals surface area contributed by atoms with Crippen molar-refractivity contribution in [2.75, 3.05) is 17.6 Å². The fraction of sp³-hybridized carbons (Fsp3) is 0.261. The van der Waals surface area contributed by atoms with E-state index >= 15 is 0 Å². The van der Waals surface area contributed by atoms with Gasteiger partial charge in [-0.15, -0.1) is 0 Å². The lowest BCUT2D eigenvalue weighted by molar-refractivity contribution is 0.306. The molecule has 0 radical (unpaired) electrons. The van der Waals surface area contributed by atoms with E-state index < -0.39 is 0 Å². The van der Waals surface area contributed by atoms with Crippen molar-refractivity contribution in [3.05, 3.63) is 77.5 Å². The average Bonchev–Trinajstić information content (AvgIpc) is 2.98. The van der Waals surface area contributed by atoms with Crippen molar-refractivity contribution in [2.24, 2.45) is 5.92 Å². The molecule has 0 aliphatic carbocycles. The quantitative estimate of drug-likeness (QED) is 0.592. The van der Waals surface area contributed by atoms with Crippen LogP contribution < -0.4 is 15.8 Å². The highest BCUT2D eigenvalue weighted by molar-refractivity contribution is 7.19. The number of fused-ring (bicyclic) bond motifs is 1. The number of nitrogens with two attached hydrogens (primary N) is 1. The number of anilines is 2. The molecule has 1 aliphatic rings. The van der Waals surface area contributed by atoms with Crippen molar-refractivity contribution < 1.29 is 4.74 Å². The molecule has 0 spiro atoms. The highest BCUT2D eigenvalue weighted by Gasteiger charge is 2.18. The van der Waals surface area contributed by atoms with Crippen LogP contribution in [0.15, 0.2) is 60.7 Å². The molecule has 3 aromatic rings. The summed E-state index contributed by atoms with van der Waals surface area (Å²) in [6.45, 7) is 1.56. The molecule has 4 nitrogen and oxygen atoms in total. The van der Waals surface area contributed by atoms with Gasteiger partial charge >= 0.3 is 0 Å². The smallest absolute Gasteiger partial charge is 0.182 e. The van der Waals surface area contributed by atoms with E-state index in [1.54, 1.807) is 11.3 Å². The monoisotopic (exact) mass is 391 g/mol. The van der Waals surface area contributed by atoms with E-state index in [4.69, 9.17) is 10.5 Å². The van der Waals surface area contributed by atoms with E-state index in [-0.39, 0.29) is 0 Å². The third kappa shape index (κ3) is 4.93. The number of hydrogen-bond acceptors (Lipinski definition) is 5. The number of allylic oxidation sites excluding steroid dienone is 1. The molecule has 0 bridgehead atoms. The number of aryl methyl sites for hydroxylation is 1. The van der Waals surface area contributed by atoms with Gasteiger partial charge in [0.1, 0.15) is 17.4 Å². The summed E-state index contributed by atoms with van der Waals surface area (Å²) in [4.78, 5) is 4.42. The Labute approximate surface area is 170 Å². The van der Waals surface area contributed by atoms with Crippen LogP contribution in [-0.2, 0) is 13.0 Å². The Balaban J connectivity index is 1.29. The summed E-state index contributed by atoms with van der Waals surface area (Å²) in [5.74, 6) is 1.51. The van der Waals surface area contributed by atoms with Crippen LogP contribution in [0.5, 0.6) is 5.75 Å². The maximum atomic E-state index is 5.92. The van der Waals surface area contributed by atoms with Crippen LogP contribution in [0.1, 0.15) is 29.7 Å². The van der Waals surface area contributed by atoms with E-state index in [2.05, 4.69) is 46.7 Å². The Morgan fingerprint density at radius 1 is 1.18 bits per heavy atom. The van der Waals surface area contributed by atoms with Gasteiger partial charge in [0.15, 0.2) is 5.13 Å². The molecular weight excluding hydrogens is 366 g/mol. The molecule has 1 aromatic heterocycles. The van der Waals surface area contributed by atoms with Gasteiger partial charge in [-0.1, -0.05) is 66.0 Å². The molecule has 0 fully saturated rings. The van der Waals surface area contributed by atoms with Crippen molar-refractivity contribution in [1.29, 1.82) is 0 Å². The summed E-state index contributed by atoms with van der Waals surface area (Å²) in [7, 11) is 0. The van der Waals surface area contributed by atoms with Gasteiger partial charge in [-0.05, 0) is 48.4 Å². The zero-order chi connectivity index (χ0) is 19.2. The molecule has 1 aliphatic heterocycles. The molecule has 4 rings (SSSR count). The first kappa shape index (κ1) is 18.6. The summed E-state index contributed by atoms with van der Waals surface area (Å²) in [6.07, 6.45) is 7.63. The third-order valence-electron chi connectivity index (χ3n) is 4.94. The molecule has 28 heavy (non-hydrogen) atoms. The summed E-state index contributed by atoms with van der Waals surface area (Å²) >= 11 is 1.55. The Morgan fingerprint density at radius 2 is 2.07 bits per heavy atom. The van der Waals surface area contributed by atoms with Gasteiger partial charge in [0.2, 0.25) is 0 Å².